The van der Waals surface area contributed by atoms with E-state index in [1.807, 2.05) is 0 Å². The molecule has 2 aromatic heterocycles. The second-order valence-corrected chi connectivity index (χ2v) is 9.05. The first-order valence-electron chi connectivity index (χ1n) is 11.0. The van der Waals surface area contributed by atoms with E-state index in [1.54, 1.807) is 23.2 Å². The summed E-state index contributed by atoms with van der Waals surface area (Å²) in [4.78, 5) is 28.0. The van der Waals surface area contributed by atoms with Gasteiger partial charge in [-0.25, -0.2) is 18.6 Å². The third-order valence-corrected chi connectivity index (χ3v) is 6.40. The number of rotatable bonds is 6. The Labute approximate surface area is 225 Å². The van der Waals surface area contributed by atoms with E-state index < -0.39 is 11.9 Å². The van der Waals surface area contributed by atoms with E-state index in [9.17, 15) is 18.7 Å². The molecular weight excluding hydrogens is 545 g/mol. The van der Waals surface area contributed by atoms with Gasteiger partial charge in [0.05, 0.1) is 60.3 Å². The molecule has 1 aliphatic rings. The summed E-state index contributed by atoms with van der Waals surface area (Å²) < 4.78 is 35.4. The molecule has 0 amide bonds. The van der Waals surface area contributed by atoms with Crippen LogP contribution in [-0.4, -0.2) is 69.1 Å². The van der Waals surface area contributed by atoms with E-state index >= 15 is 0 Å². The van der Waals surface area contributed by atoms with Gasteiger partial charge in [0.25, 0.3) is 5.92 Å². The Kier molecular flexibility index (Phi) is 7.86. The first-order chi connectivity index (χ1) is 18.0. The summed E-state index contributed by atoms with van der Waals surface area (Å²) in [5.41, 5.74) is 7.70. The average molecular weight is 567 g/mol. The number of nitrogens with two attached hydrogens (primary N) is 1. The van der Waals surface area contributed by atoms with E-state index in [1.165, 1.54) is 32.7 Å². The highest BCUT2D eigenvalue weighted by atomic mass is 35.5. The molecule has 200 valence electrons. The van der Waals surface area contributed by atoms with Crippen molar-refractivity contribution in [1.29, 1.82) is 0 Å². The molecule has 0 unspecified atom stereocenters. The van der Waals surface area contributed by atoms with Crippen LogP contribution in [0.15, 0.2) is 36.8 Å². The monoisotopic (exact) mass is 566 g/mol. The summed E-state index contributed by atoms with van der Waals surface area (Å²) in [6.45, 7) is 0.109. The van der Waals surface area contributed by atoms with Crippen LogP contribution in [0.25, 0.3) is 22.2 Å². The highest BCUT2D eigenvalue weighted by molar-refractivity contribution is 6.41. The number of halogens is 4. The summed E-state index contributed by atoms with van der Waals surface area (Å²) in [6.07, 6.45) is 4.45. The molecule has 0 atom stereocenters. The second kappa shape index (κ2) is 10.9. The third-order valence-electron chi connectivity index (χ3n) is 5.65. The minimum absolute atomic E-state index is 0.0361. The van der Waals surface area contributed by atoms with Gasteiger partial charge >= 0.3 is 5.97 Å². The van der Waals surface area contributed by atoms with Crippen LogP contribution in [0.3, 0.4) is 0 Å². The number of carboxylic acid groups (broad SMARTS) is 1. The molecule has 38 heavy (non-hydrogen) atoms. The van der Waals surface area contributed by atoms with Crippen molar-refractivity contribution in [2.75, 3.05) is 33.0 Å². The molecule has 0 saturated carbocycles. The predicted octanol–water partition coefficient (Wildman–Crippen LogP) is 4.76. The summed E-state index contributed by atoms with van der Waals surface area (Å²) in [7, 11) is 2.95. The van der Waals surface area contributed by atoms with Crippen molar-refractivity contribution < 1.29 is 28.2 Å². The van der Waals surface area contributed by atoms with Gasteiger partial charge < -0.3 is 25.3 Å². The minimum atomic E-state index is -2.51. The molecular formula is C24H22Cl2F2N6O4. The number of hydrogen-bond donors (Lipinski definition) is 3. The number of H-pyrrole nitrogens is 1. The van der Waals surface area contributed by atoms with Crippen LogP contribution in [0.5, 0.6) is 11.5 Å². The Balaban J connectivity index is 0.000000216. The fraction of sp³-hybridized carbons (Fsp3) is 0.250. The number of likely N-dealkylation sites (tertiary alicyclic amines) is 1. The smallest absolute Gasteiger partial charge is 0.337 e. The molecule has 0 bridgehead atoms. The molecule has 14 heteroatoms. The van der Waals surface area contributed by atoms with Gasteiger partial charge in [-0.2, -0.15) is 0 Å². The molecule has 4 aromatic rings. The van der Waals surface area contributed by atoms with E-state index in [0.29, 0.717) is 40.6 Å². The summed E-state index contributed by atoms with van der Waals surface area (Å²) >= 11 is 12.9. The Hall–Kier alpha value is -3.74. The zero-order chi connectivity index (χ0) is 27.6. The van der Waals surface area contributed by atoms with Crippen molar-refractivity contribution in [2.45, 2.75) is 12.5 Å². The van der Waals surface area contributed by atoms with Crippen molar-refractivity contribution in [3.63, 3.8) is 0 Å². The number of ether oxygens (including phenoxy) is 2. The number of aromatic nitrogens is 4. The van der Waals surface area contributed by atoms with Crippen LogP contribution in [0.4, 0.5) is 14.7 Å². The number of carboxylic acids is 1. The molecule has 1 saturated heterocycles. The Morgan fingerprint density at radius 3 is 2.21 bits per heavy atom. The maximum Gasteiger partial charge on any atom is 0.337 e. The number of imidazole rings is 1. The lowest BCUT2D eigenvalue weighted by molar-refractivity contribution is -0.134. The number of alkyl halides is 2. The fourth-order valence-corrected chi connectivity index (χ4v) is 4.68. The number of anilines is 1. The molecule has 1 fully saturated rings. The second-order valence-electron chi connectivity index (χ2n) is 8.30. The summed E-state index contributed by atoms with van der Waals surface area (Å²) in [5.74, 6) is -2.54. The maximum absolute atomic E-state index is 12.4. The number of aromatic amines is 1. The number of fused-ring (bicyclic) bond motifs is 1. The van der Waals surface area contributed by atoms with Gasteiger partial charge in [-0.3, -0.25) is 14.9 Å². The van der Waals surface area contributed by atoms with E-state index in [0.717, 1.165) is 5.69 Å². The Morgan fingerprint density at radius 1 is 1.11 bits per heavy atom. The van der Waals surface area contributed by atoms with E-state index in [2.05, 4.69) is 19.9 Å². The summed E-state index contributed by atoms with van der Waals surface area (Å²) in [6, 6.07) is 4.60. The lowest BCUT2D eigenvalue weighted by Crippen LogP contribution is -2.55. The van der Waals surface area contributed by atoms with Crippen LogP contribution in [0, 0.1) is 0 Å². The summed E-state index contributed by atoms with van der Waals surface area (Å²) in [5, 5.41) is 9.89. The van der Waals surface area contributed by atoms with Gasteiger partial charge in [0.15, 0.2) is 5.95 Å². The van der Waals surface area contributed by atoms with Gasteiger partial charge in [0.1, 0.15) is 17.0 Å². The average Bonchev–Trinajstić information content (AvgIpc) is 3.28. The normalized spacial score (nSPS) is 14.4. The SMILES string of the molecule is COc1cc(OC)c(Cl)c(-c2ccc(C(=O)O)c3nccnc23)c1Cl.Nc1ncc(CN2CC(F)(F)C2)[nH]1. The van der Waals surface area contributed by atoms with Crippen molar-refractivity contribution in [3.8, 4) is 22.6 Å². The molecule has 1 aliphatic heterocycles. The fourth-order valence-electron chi connectivity index (χ4n) is 3.97. The molecule has 5 rings (SSSR count). The van der Waals surface area contributed by atoms with Crippen molar-refractivity contribution in [3.05, 3.63) is 58.1 Å². The zero-order valence-electron chi connectivity index (χ0n) is 20.1. The first-order valence-corrected chi connectivity index (χ1v) is 11.8. The van der Waals surface area contributed by atoms with Crippen molar-refractivity contribution in [1.82, 2.24) is 24.8 Å². The molecule has 4 N–H and O–H groups in total. The van der Waals surface area contributed by atoms with Gasteiger partial charge in [-0.1, -0.05) is 29.3 Å². The number of nitrogens with zero attached hydrogens (tertiary/aromatic N) is 4. The molecule has 2 aromatic carbocycles. The number of aromatic carboxylic acids is 1. The van der Waals surface area contributed by atoms with E-state index in [4.69, 9.17) is 38.4 Å². The van der Waals surface area contributed by atoms with E-state index in [-0.39, 0.29) is 34.2 Å². The number of nitrogen functional groups attached to an aromatic ring is 1. The lowest BCUT2D eigenvalue weighted by atomic mass is 10.00. The Morgan fingerprint density at radius 2 is 1.71 bits per heavy atom. The van der Waals surface area contributed by atoms with Crippen LogP contribution in [0.1, 0.15) is 16.1 Å². The van der Waals surface area contributed by atoms with Gasteiger partial charge in [0.2, 0.25) is 0 Å². The Bertz CT molecular complexity index is 1460. The maximum atomic E-state index is 12.4. The molecule has 10 nitrogen and oxygen atoms in total. The number of nitrogens with one attached hydrogen (secondary N) is 1. The predicted molar refractivity (Wildman–Crippen MR) is 138 cm³/mol. The molecule has 0 spiro atoms. The first kappa shape index (κ1) is 27.3. The lowest BCUT2D eigenvalue weighted by Gasteiger charge is -2.38. The quantitative estimate of drug-likeness (QED) is 0.301. The molecule has 0 aliphatic carbocycles. The minimum Gasteiger partial charge on any atom is -0.495 e. The van der Waals surface area contributed by atoms with Crippen molar-refractivity contribution in [2.24, 2.45) is 0 Å². The standard InChI is InChI=1S/C17H12Cl2N2O4.C7H10F2N4/c1-24-10-7-11(25-2)14(19)12(13(10)18)8-3-4-9(17(22)23)16-15(8)20-5-6-21-16;8-7(9)3-13(4-7)2-5-1-11-6(10)12-5/h3-7H,1-2H3,(H,22,23);1H,2-4H2,(H3,10,11,12). The number of methoxy groups -OCH3 is 2. The van der Waals surface area contributed by atoms with Crippen LogP contribution >= 0.6 is 23.2 Å². The van der Waals surface area contributed by atoms with Gasteiger partial charge in [-0.05, 0) is 6.07 Å². The van der Waals surface area contributed by atoms with Gasteiger partial charge in [0, 0.05) is 36.1 Å². The third kappa shape index (κ3) is 5.57. The highest BCUT2D eigenvalue weighted by Gasteiger charge is 2.43. The van der Waals surface area contributed by atoms with Crippen LogP contribution in [-0.2, 0) is 6.54 Å². The largest absolute Gasteiger partial charge is 0.495 e. The topological polar surface area (TPSA) is 139 Å². The molecule has 3 heterocycles. The number of carbonyl (C=O) groups is 1. The van der Waals surface area contributed by atoms with Gasteiger partial charge in [-0.15, -0.1) is 0 Å². The highest BCUT2D eigenvalue weighted by Crippen LogP contribution is 2.47. The zero-order valence-corrected chi connectivity index (χ0v) is 21.6. The number of benzene rings is 2. The number of hydrogen-bond acceptors (Lipinski definition) is 8. The van der Waals surface area contributed by atoms with Crippen LogP contribution < -0.4 is 15.2 Å². The molecule has 0 radical (unpaired) electrons. The van der Waals surface area contributed by atoms with Crippen LogP contribution in [0.2, 0.25) is 10.0 Å². The van der Waals surface area contributed by atoms with Crippen molar-refractivity contribution >= 4 is 46.2 Å².